The van der Waals surface area contributed by atoms with Crippen molar-refractivity contribution >= 4 is 5.91 Å². The Labute approximate surface area is 148 Å². The maximum Gasteiger partial charge on any atom is 0.270 e. The molecule has 25 heavy (non-hydrogen) atoms. The van der Waals surface area contributed by atoms with Crippen molar-refractivity contribution in [2.75, 3.05) is 46.3 Å². The van der Waals surface area contributed by atoms with E-state index >= 15 is 0 Å². The predicted octanol–water partition coefficient (Wildman–Crippen LogP) is 0.731. The van der Waals surface area contributed by atoms with Crippen LogP contribution in [-0.2, 0) is 13.1 Å². The Bertz CT molecular complexity index is 701. The molecule has 0 spiro atoms. The highest BCUT2D eigenvalue weighted by atomic mass is 16.2. The largest absolute Gasteiger partial charge is 0.357 e. The van der Waals surface area contributed by atoms with Crippen LogP contribution >= 0.6 is 0 Å². The highest BCUT2D eigenvalue weighted by molar-refractivity contribution is 5.92. The van der Waals surface area contributed by atoms with Crippen LogP contribution in [0.15, 0.2) is 30.7 Å². The van der Waals surface area contributed by atoms with Crippen LogP contribution in [0.3, 0.4) is 0 Å². The molecule has 2 aliphatic heterocycles. The first kappa shape index (κ1) is 16.4. The van der Waals surface area contributed by atoms with Gasteiger partial charge in [-0.05, 0) is 19.2 Å². The van der Waals surface area contributed by atoms with Gasteiger partial charge in [-0.25, -0.2) is 4.98 Å². The van der Waals surface area contributed by atoms with E-state index in [1.54, 1.807) is 6.20 Å². The molecule has 0 bridgehead atoms. The summed E-state index contributed by atoms with van der Waals surface area (Å²) < 4.78 is 2.21. The van der Waals surface area contributed by atoms with Crippen LogP contribution in [0.4, 0.5) is 0 Å². The maximum absolute atomic E-state index is 12.9. The van der Waals surface area contributed by atoms with Gasteiger partial charge in [0.05, 0.1) is 6.54 Å². The zero-order valence-electron chi connectivity index (χ0n) is 14.8. The molecule has 7 nitrogen and oxygen atoms in total. The Balaban J connectivity index is 1.50. The highest BCUT2D eigenvalue weighted by Gasteiger charge is 2.28. The summed E-state index contributed by atoms with van der Waals surface area (Å²) in [7, 11) is 2.18. The Hall–Kier alpha value is -2.12. The van der Waals surface area contributed by atoms with Crippen molar-refractivity contribution in [2.24, 2.45) is 5.92 Å². The SMILES string of the molecule is CN1CCN(CC2CN(C(=O)c3ccc[nH]3)Cc3nccn3C2)CC1. The molecule has 1 unspecified atom stereocenters. The van der Waals surface area contributed by atoms with Crippen LogP contribution in [-0.4, -0.2) is 81.5 Å². The average molecular weight is 342 g/mol. The number of H-pyrrole nitrogens is 1. The number of piperazine rings is 1. The molecule has 0 aliphatic carbocycles. The Kier molecular flexibility index (Phi) is 4.59. The standard InChI is InChI=1S/C18H26N6O/c1-21-7-9-22(10-8-21)11-15-12-23-6-5-20-17(23)14-24(13-15)18(25)16-3-2-4-19-16/h2-6,15,19H,7-14H2,1H3. The van der Waals surface area contributed by atoms with Crippen LogP contribution in [0.1, 0.15) is 16.3 Å². The smallest absolute Gasteiger partial charge is 0.270 e. The van der Waals surface area contributed by atoms with Crippen molar-refractivity contribution in [1.82, 2.24) is 29.2 Å². The topological polar surface area (TPSA) is 60.4 Å². The van der Waals surface area contributed by atoms with Crippen LogP contribution < -0.4 is 0 Å². The summed E-state index contributed by atoms with van der Waals surface area (Å²) in [4.78, 5) is 27.2. The fourth-order valence-electron chi connectivity index (χ4n) is 3.84. The van der Waals surface area contributed by atoms with E-state index in [1.807, 2.05) is 29.4 Å². The number of imidazole rings is 1. The minimum absolute atomic E-state index is 0.0600. The molecule has 2 aromatic heterocycles. The van der Waals surface area contributed by atoms with E-state index in [0.29, 0.717) is 18.2 Å². The summed E-state index contributed by atoms with van der Waals surface area (Å²) >= 11 is 0. The first-order chi connectivity index (χ1) is 12.2. The van der Waals surface area contributed by atoms with Crippen molar-refractivity contribution in [1.29, 1.82) is 0 Å². The third-order valence-electron chi connectivity index (χ3n) is 5.30. The van der Waals surface area contributed by atoms with E-state index in [0.717, 1.165) is 51.6 Å². The number of hydrogen-bond donors (Lipinski definition) is 1. The normalized spacial score (nSPS) is 22.6. The van der Waals surface area contributed by atoms with E-state index in [2.05, 4.69) is 31.4 Å². The van der Waals surface area contributed by atoms with Crippen molar-refractivity contribution in [2.45, 2.75) is 13.1 Å². The van der Waals surface area contributed by atoms with Gasteiger partial charge in [0.15, 0.2) is 0 Å². The molecule has 1 amide bonds. The number of amides is 1. The van der Waals surface area contributed by atoms with E-state index in [-0.39, 0.29) is 5.91 Å². The Morgan fingerprint density at radius 1 is 1.28 bits per heavy atom. The molecule has 2 aromatic rings. The molecule has 2 aliphatic rings. The van der Waals surface area contributed by atoms with E-state index in [9.17, 15) is 4.79 Å². The molecule has 4 heterocycles. The molecule has 134 valence electrons. The van der Waals surface area contributed by atoms with Gasteiger partial charge >= 0.3 is 0 Å². The van der Waals surface area contributed by atoms with E-state index < -0.39 is 0 Å². The van der Waals surface area contributed by atoms with Gasteiger partial charge in [0.1, 0.15) is 11.5 Å². The molecule has 0 radical (unpaired) electrons. The number of aromatic amines is 1. The lowest BCUT2D eigenvalue weighted by atomic mass is 10.1. The summed E-state index contributed by atoms with van der Waals surface area (Å²) in [6, 6.07) is 3.71. The molecular weight excluding hydrogens is 316 g/mol. The van der Waals surface area contributed by atoms with Crippen molar-refractivity contribution < 1.29 is 4.79 Å². The number of nitrogens with one attached hydrogen (secondary N) is 1. The summed E-state index contributed by atoms with van der Waals surface area (Å²) in [5.74, 6) is 1.45. The summed E-state index contributed by atoms with van der Waals surface area (Å²) in [5, 5.41) is 0. The molecule has 1 atom stereocenters. The minimum Gasteiger partial charge on any atom is -0.357 e. The third kappa shape index (κ3) is 3.62. The number of carbonyl (C=O) groups is 1. The number of likely N-dealkylation sites (N-methyl/N-ethyl adjacent to an activating group) is 1. The molecule has 7 heteroatoms. The number of fused-ring (bicyclic) bond motifs is 1. The lowest BCUT2D eigenvalue weighted by Crippen LogP contribution is -2.47. The molecule has 1 fully saturated rings. The molecule has 0 saturated carbocycles. The monoisotopic (exact) mass is 342 g/mol. The first-order valence-electron chi connectivity index (χ1n) is 9.02. The van der Waals surface area contributed by atoms with Gasteiger partial charge in [-0.3, -0.25) is 4.79 Å². The zero-order chi connectivity index (χ0) is 17.2. The van der Waals surface area contributed by atoms with Gasteiger partial charge < -0.3 is 24.3 Å². The number of nitrogens with zero attached hydrogens (tertiary/aromatic N) is 5. The fraction of sp³-hybridized carbons (Fsp3) is 0.556. The van der Waals surface area contributed by atoms with Gasteiger partial charge in [-0.1, -0.05) is 0 Å². The second-order valence-electron chi connectivity index (χ2n) is 7.24. The lowest BCUT2D eigenvalue weighted by Gasteiger charge is -2.35. The van der Waals surface area contributed by atoms with Gasteiger partial charge in [0.2, 0.25) is 0 Å². The van der Waals surface area contributed by atoms with Gasteiger partial charge in [0.25, 0.3) is 5.91 Å². The highest BCUT2D eigenvalue weighted by Crippen LogP contribution is 2.19. The van der Waals surface area contributed by atoms with E-state index in [4.69, 9.17) is 0 Å². The third-order valence-corrected chi connectivity index (χ3v) is 5.30. The van der Waals surface area contributed by atoms with Crippen LogP contribution in [0, 0.1) is 5.92 Å². The van der Waals surface area contributed by atoms with E-state index in [1.165, 1.54) is 0 Å². The molecule has 1 saturated heterocycles. The summed E-state index contributed by atoms with van der Waals surface area (Å²) in [6.45, 7) is 7.75. The van der Waals surface area contributed by atoms with Crippen LogP contribution in [0.5, 0.6) is 0 Å². The average Bonchev–Trinajstić information content (AvgIpc) is 3.26. The van der Waals surface area contributed by atoms with Crippen LogP contribution in [0.2, 0.25) is 0 Å². The number of aromatic nitrogens is 3. The van der Waals surface area contributed by atoms with Crippen molar-refractivity contribution in [3.8, 4) is 0 Å². The summed E-state index contributed by atoms with van der Waals surface area (Å²) in [5.41, 5.74) is 0.651. The molecule has 1 N–H and O–H groups in total. The second kappa shape index (κ2) is 7.01. The fourth-order valence-corrected chi connectivity index (χ4v) is 3.84. The Morgan fingerprint density at radius 3 is 2.88 bits per heavy atom. The quantitative estimate of drug-likeness (QED) is 0.893. The van der Waals surface area contributed by atoms with Gasteiger partial charge in [-0.15, -0.1) is 0 Å². The predicted molar refractivity (Wildman–Crippen MR) is 95.2 cm³/mol. The molecule has 0 aromatic carbocycles. The molecule has 4 rings (SSSR count). The number of hydrogen-bond acceptors (Lipinski definition) is 4. The minimum atomic E-state index is 0.0600. The molecular formula is C18H26N6O. The first-order valence-corrected chi connectivity index (χ1v) is 9.02. The number of rotatable bonds is 3. The Morgan fingerprint density at radius 2 is 2.12 bits per heavy atom. The van der Waals surface area contributed by atoms with Crippen molar-refractivity contribution in [3.05, 3.63) is 42.2 Å². The number of carbonyl (C=O) groups excluding carboxylic acids is 1. The second-order valence-corrected chi connectivity index (χ2v) is 7.24. The summed E-state index contributed by atoms with van der Waals surface area (Å²) in [6.07, 6.45) is 5.67. The maximum atomic E-state index is 12.9. The van der Waals surface area contributed by atoms with Crippen LogP contribution in [0.25, 0.3) is 0 Å². The van der Waals surface area contributed by atoms with Crippen molar-refractivity contribution in [3.63, 3.8) is 0 Å². The lowest BCUT2D eigenvalue weighted by molar-refractivity contribution is 0.0680. The van der Waals surface area contributed by atoms with Gasteiger partial charge in [0, 0.05) is 70.3 Å². The van der Waals surface area contributed by atoms with Gasteiger partial charge in [-0.2, -0.15) is 0 Å². The zero-order valence-corrected chi connectivity index (χ0v) is 14.8.